The quantitative estimate of drug-likeness (QED) is 0.410. The minimum Gasteiger partial charge on any atom is -0.463 e. The van der Waals surface area contributed by atoms with Crippen molar-refractivity contribution in [3.8, 4) is 0 Å². The Kier molecular flexibility index (Phi) is 3.22. The predicted octanol–water partition coefficient (Wildman–Crippen LogP) is 0.422. The fourth-order valence-electron chi connectivity index (χ4n) is 0.864. The molecular weight excluding hydrogens is 204 g/mol. The molecule has 1 aromatic rings. The van der Waals surface area contributed by atoms with Crippen LogP contribution in [0.5, 0.6) is 0 Å². The molecule has 0 unspecified atom stereocenters. The Morgan fingerprint density at radius 1 is 1.07 bits per heavy atom. The van der Waals surface area contributed by atoms with Crippen LogP contribution in [-0.2, 0) is 14.3 Å². The van der Waals surface area contributed by atoms with Gasteiger partial charge in [-0.15, -0.1) is 0 Å². The van der Waals surface area contributed by atoms with E-state index >= 15 is 0 Å². The molecule has 1 rings (SSSR count). The smallest absolute Gasteiger partial charge is 0.382 e. The lowest BCUT2D eigenvalue weighted by atomic mass is 10.3. The van der Waals surface area contributed by atoms with Gasteiger partial charge in [0.25, 0.3) is 0 Å². The molecule has 0 aliphatic carbocycles. The highest BCUT2D eigenvalue weighted by molar-refractivity contribution is 6.39. The molecule has 0 fully saturated rings. The van der Waals surface area contributed by atoms with E-state index in [0.717, 1.165) is 7.11 Å². The van der Waals surface area contributed by atoms with Crippen molar-refractivity contribution in [2.45, 2.75) is 0 Å². The number of furan rings is 1. The van der Waals surface area contributed by atoms with E-state index in [-0.39, 0.29) is 11.5 Å². The van der Waals surface area contributed by atoms with E-state index in [2.05, 4.69) is 9.47 Å². The van der Waals surface area contributed by atoms with Gasteiger partial charge >= 0.3 is 17.7 Å². The maximum atomic E-state index is 11.2. The molecule has 0 amide bonds. The molecule has 0 N–H and O–H groups in total. The van der Waals surface area contributed by atoms with Crippen LogP contribution in [0.4, 0.5) is 0 Å². The summed E-state index contributed by atoms with van der Waals surface area (Å²) < 4.78 is 13.3. The lowest BCUT2D eigenvalue weighted by molar-refractivity contribution is -0.135. The zero-order valence-electron chi connectivity index (χ0n) is 8.10. The first kappa shape index (κ1) is 11.0. The van der Waals surface area contributed by atoms with Crippen molar-refractivity contribution >= 4 is 17.7 Å². The molecule has 0 spiro atoms. The largest absolute Gasteiger partial charge is 0.463 e. The number of ketones is 1. The zero-order chi connectivity index (χ0) is 11.4. The molecule has 0 atom stereocenters. The van der Waals surface area contributed by atoms with Gasteiger partial charge < -0.3 is 13.9 Å². The molecule has 0 aliphatic heterocycles. The Bertz CT molecular complexity index is 402. The number of rotatable bonds is 3. The number of methoxy groups -OCH3 is 2. The average molecular weight is 212 g/mol. The van der Waals surface area contributed by atoms with Crippen LogP contribution in [0, 0.1) is 0 Å². The third-order valence-electron chi connectivity index (χ3n) is 1.59. The molecule has 0 saturated heterocycles. The maximum absolute atomic E-state index is 11.2. The summed E-state index contributed by atoms with van der Waals surface area (Å²) in [4.78, 5) is 32.9. The fourth-order valence-corrected chi connectivity index (χ4v) is 0.864. The van der Waals surface area contributed by atoms with E-state index < -0.39 is 17.7 Å². The highest BCUT2D eigenvalue weighted by atomic mass is 16.5. The second kappa shape index (κ2) is 4.41. The Balaban J connectivity index is 2.89. The molecule has 0 radical (unpaired) electrons. The normalized spacial score (nSPS) is 9.47. The zero-order valence-corrected chi connectivity index (χ0v) is 8.10. The molecule has 80 valence electrons. The van der Waals surface area contributed by atoms with Crippen molar-refractivity contribution in [3.05, 3.63) is 23.7 Å². The van der Waals surface area contributed by atoms with Crippen LogP contribution >= 0.6 is 0 Å². The van der Waals surface area contributed by atoms with Crippen molar-refractivity contribution in [2.24, 2.45) is 0 Å². The van der Waals surface area contributed by atoms with Gasteiger partial charge in [0.1, 0.15) is 0 Å². The number of carbonyl (C=O) groups excluding carboxylic acids is 3. The Morgan fingerprint density at radius 2 is 1.67 bits per heavy atom. The summed E-state index contributed by atoms with van der Waals surface area (Å²) in [7, 11) is 2.25. The van der Waals surface area contributed by atoms with Gasteiger partial charge in [-0.1, -0.05) is 0 Å². The predicted molar refractivity (Wildman–Crippen MR) is 46.4 cm³/mol. The average Bonchev–Trinajstić information content (AvgIpc) is 2.75. The maximum Gasteiger partial charge on any atom is 0.382 e. The van der Waals surface area contributed by atoms with Crippen molar-refractivity contribution in [1.82, 2.24) is 0 Å². The molecule has 0 saturated carbocycles. The molecule has 6 nitrogen and oxygen atoms in total. The van der Waals surface area contributed by atoms with Crippen LogP contribution in [0.15, 0.2) is 16.5 Å². The van der Waals surface area contributed by atoms with Crippen LogP contribution in [0.1, 0.15) is 21.1 Å². The molecule has 0 aromatic carbocycles. The summed E-state index contributed by atoms with van der Waals surface area (Å²) in [6, 6.07) is 2.44. The van der Waals surface area contributed by atoms with Gasteiger partial charge in [-0.05, 0) is 12.1 Å². The van der Waals surface area contributed by atoms with Gasteiger partial charge in [-0.25, -0.2) is 9.59 Å². The highest BCUT2D eigenvalue weighted by Crippen LogP contribution is 2.10. The van der Waals surface area contributed by atoms with Crippen LogP contribution < -0.4 is 0 Å². The number of ether oxygens (including phenoxy) is 2. The minimum absolute atomic E-state index is 0.148. The summed E-state index contributed by atoms with van der Waals surface area (Å²) in [6.07, 6.45) is 0. The number of esters is 2. The molecular formula is C9H8O6. The van der Waals surface area contributed by atoms with Gasteiger partial charge in [-0.3, -0.25) is 4.79 Å². The van der Waals surface area contributed by atoms with Crippen LogP contribution in [0.25, 0.3) is 0 Å². The summed E-state index contributed by atoms with van der Waals surface area (Å²) in [5, 5.41) is 0. The number of hydrogen-bond acceptors (Lipinski definition) is 6. The van der Waals surface area contributed by atoms with E-state index in [0.29, 0.717) is 0 Å². The standard InChI is InChI=1S/C9H8O6/c1-13-8(11)6-4-3-5(15-6)7(10)9(12)14-2/h3-4H,1-2H3. The summed E-state index contributed by atoms with van der Waals surface area (Å²) in [5.41, 5.74) is 0. The Morgan fingerprint density at radius 3 is 2.20 bits per heavy atom. The second-order valence-electron chi connectivity index (χ2n) is 2.48. The van der Waals surface area contributed by atoms with E-state index in [9.17, 15) is 14.4 Å². The van der Waals surface area contributed by atoms with Crippen molar-refractivity contribution in [2.75, 3.05) is 14.2 Å². The van der Waals surface area contributed by atoms with Crippen molar-refractivity contribution in [3.63, 3.8) is 0 Å². The topological polar surface area (TPSA) is 82.8 Å². The number of Topliss-reactive ketones (excluding diaryl/α,β-unsaturated/α-hetero) is 1. The Labute approximate surface area is 84.8 Å². The molecule has 1 aromatic heterocycles. The van der Waals surface area contributed by atoms with Gasteiger partial charge in [0.05, 0.1) is 14.2 Å². The van der Waals surface area contributed by atoms with Crippen LogP contribution in [-0.4, -0.2) is 31.9 Å². The molecule has 0 bridgehead atoms. The molecule has 1 heterocycles. The molecule has 0 aliphatic rings. The highest BCUT2D eigenvalue weighted by Gasteiger charge is 2.22. The third-order valence-corrected chi connectivity index (χ3v) is 1.59. The van der Waals surface area contributed by atoms with E-state index in [1.165, 1.54) is 19.2 Å². The second-order valence-corrected chi connectivity index (χ2v) is 2.48. The van der Waals surface area contributed by atoms with Gasteiger partial charge in [0.2, 0.25) is 5.76 Å². The molecule has 6 heteroatoms. The van der Waals surface area contributed by atoms with E-state index in [1.54, 1.807) is 0 Å². The first-order valence-electron chi connectivity index (χ1n) is 3.91. The number of hydrogen-bond donors (Lipinski definition) is 0. The first-order valence-corrected chi connectivity index (χ1v) is 3.91. The summed E-state index contributed by atoms with van der Waals surface area (Å²) in [5.74, 6) is -3.14. The van der Waals surface area contributed by atoms with Gasteiger partial charge in [0.15, 0.2) is 5.76 Å². The van der Waals surface area contributed by atoms with E-state index in [1.807, 2.05) is 0 Å². The first-order chi connectivity index (χ1) is 7.10. The SMILES string of the molecule is COC(=O)C(=O)c1ccc(C(=O)OC)o1. The van der Waals surface area contributed by atoms with E-state index in [4.69, 9.17) is 4.42 Å². The minimum atomic E-state index is -1.05. The van der Waals surface area contributed by atoms with Crippen LogP contribution in [0.2, 0.25) is 0 Å². The molecule has 15 heavy (non-hydrogen) atoms. The van der Waals surface area contributed by atoms with Crippen LogP contribution in [0.3, 0.4) is 0 Å². The lowest BCUT2D eigenvalue weighted by Crippen LogP contribution is -2.14. The third kappa shape index (κ3) is 2.22. The van der Waals surface area contributed by atoms with Gasteiger partial charge in [-0.2, -0.15) is 0 Å². The summed E-state index contributed by atoms with van der Waals surface area (Å²) in [6.45, 7) is 0. The van der Waals surface area contributed by atoms with Crippen molar-refractivity contribution in [1.29, 1.82) is 0 Å². The fraction of sp³-hybridized carbons (Fsp3) is 0.222. The summed E-state index contributed by atoms with van der Waals surface area (Å²) >= 11 is 0. The number of carbonyl (C=O) groups is 3. The van der Waals surface area contributed by atoms with Gasteiger partial charge in [0, 0.05) is 0 Å². The Hall–Kier alpha value is -2.11. The van der Waals surface area contributed by atoms with Crippen molar-refractivity contribution < 1.29 is 28.3 Å². The monoisotopic (exact) mass is 212 g/mol. The lowest BCUT2D eigenvalue weighted by Gasteiger charge is -1.94.